The van der Waals surface area contributed by atoms with Gasteiger partial charge in [-0.3, -0.25) is 9.10 Å². The molecule has 10 heteroatoms. The summed E-state index contributed by atoms with van der Waals surface area (Å²) in [5.41, 5.74) is 0.132. The highest BCUT2D eigenvalue weighted by Crippen LogP contribution is 2.37. The fraction of sp³-hybridized carbons (Fsp3) is 0.533. The smallest absolute Gasteiger partial charge is 0.263 e. The zero-order chi connectivity index (χ0) is 18.4. The number of fused-ring (bicyclic) bond motifs is 1. The molecule has 1 aromatic rings. The molecule has 1 fully saturated rings. The third-order valence-corrected chi connectivity index (χ3v) is 7.03. The Morgan fingerprint density at radius 2 is 1.96 bits per heavy atom. The minimum Gasteiger partial charge on any atom is -0.476 e. The second kappa shape index (κ2) is 6.17. The molecule has 1 atom stereocenters. The molecule has 3 rings (SSSR count). The van der Waals surface area contributed by atoms with E-state index < -0.39 is 26.0 Å². The summed E-state index contributed by atoms with van der Waals surface area (Å²) in [6.07, 6.45) is 1.85. The van der Waals surface area contributed by atoms with Crippen LogP contribution < -0.4 is 14.4 Å². The van der Waals surface area contributed by atoms with Gasteiger partial charge in [-0.15, -0.1) is 0 Å². The normalized spacial score (nSPS) is 20.6. The predicted octanol–water partition coefficient (Wildman–Crippen LogP) is 0.286. The second-order valence-corrected chi connectivity index (χ2v) is 10.4. The van der Waals surface area contributed by atoms with Crippen molar-refractivity contribution in [1.82, 2.24) is 5.32 Å². The molecule has 138 valence electrons. The molecule has 1 heterocycles. The van der Waals surface area contributed by atoms with Crippen molar-refractivity contribution in [2.24, 2.45) is 0 Å². The van der Waals surface area contributed by atoms with Gasteiger partial charge < -0.3 is 10.1 Å². The summed E-state index contributed by atoms with van der Waals surface area (Å²) in [6.45, 7) is 1.32. The van der Waals surface area contributed by atoms with Gasteiger partial charge in [0.2, 0.25) is 10.0 Å². The van der Waals surface area contributed by atoms with Crippen molar-refractivity contribution < 1.29 is 26.4 Å². The average Bonchev–Trinajstić information content (AvgIpc) is 3.36. The SMILES string of the molecule is CCS(=O)(=O)c1ccc2c(c1)N(S(C)(=O)=O)C[C@H](C(=O)NC1CC1)O2. The molecule has 1 saturated carbocycles. The van der Waals surface area contributed by atoms with E-state index in [1.807, 2.05) is 0 Å². The molecule has 25 heavy (non-hydrogen) atoms. The van der Waals surface area contributed by atoms with Gasteiger partial charge in [-0.1, -0.05) is 6.92 Å². The van der Waals surface area contributed by atoms with Crippen LogP contribution in [-0.4, -0.2) is 53.4 Å². The van der Waals surface area contributed by atoms with Crippen molar-refractivity contribution in [3.8, 4) is 5.75 Å². The number of hydrogen-bond acceptors (Lipinski definition) is 6. The van der Waals surface area contributed by atoms with Crippen molar-refractivity contribution in [2.45, 2.75) is 36.8 Å². The van der Waals surface area contributed by atoms with Crippen molar-refractivity contribution >= 4 is 31.5 Å². The number of anilines is 1. The maximum absolute atomic E-state index is 12.2. The zero-order valence-electron chi connectivity index (χ0n) is 13.9. The Hall–Kier alpha value is -1.81. The highest BCUT2D eigenvalue weighted by molar-refractivity contribution is 7.92. The Balaban J connectivity index is 1.99. The van der Waals surface area contributed by atoms with E-state index in [1.54, 1.807) is 0 Å². The molecule has 1 amide bonds. The Kier molecular flexibility index (Phi) is 4.44. The summed E-state index contributed by atoms with van der Waals surface area (Å²) in [4.78, 5) is 12.3. The van der Waals surface area contributed by atoms with Gasteiger partial charge in [0.15, 0.2) is 15.9 Å². The van der Waals surface area contributed by atoms with Crippen LogP contribution >= 0.6 is 0 Å². The van der Waals surface area contributed by atoms with Crippen molar-refractivity contribution in [3.63, 3.8) is 0 Å². The van der Waals surface area contributed by atoms with Crippen molar-refractivity contribution in [3.05, 3.63) is 18.2 Å². The number of sulfone groups is 1. The summed E-state index contributed by atoms with van der Waals surface area (Å²) in [6, 6.07) is 4.16. The van der Waals surface area contributed by atoms with Crippen LogP contribution in [-0.2, 0) is 24.7 Å². The fourth-order valence-corrected chi connectivity index (χ4v) is 4.37. The molecule has 0 aromatic heterocycles. The van der Waals surface area contributed by atoms with Crippen molar-refractivity contribution in [2.75, 3.05) is 22.9 Å². The minimum absolute atomic E-state index is 0.0203. The summed E-state index contributed by atoms with van der Waals surface area (Å²) in [7, 11) is -7.20. The van der Waals surface area contributed by atoms with E-state index >= 15 is 0 Å². The van der Waals surface area contributed by atoms with E-state index in [9.17, 15) is 21.6 Å². The van der Waals surface area contributed by atoms with E-state index in [0.717, 1.165) is 23.4 Å². The standard InChI is InChI=1S/C15H20N2O6S2/c1-3-25(21,22)11-6-7-13-12(8-11)17(24(2,19)20)9-14(23-13)15(18)16-10-4-5-10/h6-8,10,14H,3-5,9H2,1-2H3,(H,16,18)/t14-/m1/s1. The molecular weight excluding hydrogens is 368 g/mol. The van der Waals surface area contributed by atoms with Crippen LogP contribution in [0.15, 0.2) is 23.1 Å². The van der Waals surface area contributed by atoms with Gasteiger partial charge in [0, 0.05) is 6.04 Å². The van der Waals surface area contributed by atoms with Crippen LogP contribution in [0.3, 0.4) is 0 Å². The number of nitrogens with zero attached hydrogens (tertiary/aromatic N) is 1. The van der Waals surface area contributed by atoms with Gasteiger partial charge >= 0.3 is 0 Å². The number of hydrogen-bond donors (Lipinski definition) is 1. The van der Waals surface area contributed by atoms with Crippen LogP contribution in [0.4, 0.5) is 5.69 Å². The molecule has 1 aliphatic carbocycles. The summed E-state index contributed by atoms with van der Waals surface area (Å²) < 4.78 is 55.1. The fourth-order valence-electron chi connectivity index (χ4n) is 2.56. The predicted molar refractivity (Wildman–Crippen MR) is 91.9 cm³/mol. The number of rotatable bonds is 5. The number of benzene rings is 1. The quantitative estimate of drug-likeness (QED) is 0.776. The van der Waals surface area contributed by atoms with E-state index in [1.165, 1.54) is 25.1 Å². The van der Waals surface area contributed by atoms with Gasteiger partial charge in [-0.05, 0) is 31.0 Å². The van der Waals surface area contributed by atoms with Crippen LogP contribution in [0.2, 0.25) is 0 Å². The number of nitrogens with one attached hydrogen (secondary N) is 1. The van der Waals surface area contributed by atoms with E-state index in [-0.39, 0.29) is 40.6 Å². The molecule has 1 N–H and O–H groups in total. The first kappa shape index (κ1) is 18.0. The first-order valence-corrected chi connectivity index (χ1v) is 11.4. The third kappa shape index (κ3) is 3.74. The van der Waals surface area contributed by atoms with E-state index in [0.29, 0.717) is 0 Å². The molecule has 2 aliphatic rings. The highest BCUT2D eigenvalue weighted by atomic mass is 32.2. The molecule has 0 bridgehead atoms. The van der Waals surface area contributed by atoms with Crippen LogP contribution in [0, 0.1) is 0 Å². The lowest BCUT2D eigenvalue weighted by atomic mass is 10.2. The van der Waals surface area contributed by atoms with Gasteiger partial charge in [-0.25, -0.2) is 16.8 Å². The monoisotopic (exact) mass is 388 g/mol. The third-order valence-electron chi connectivity index (χ3n) is 4.16. The molecule has 8 nitrogen and oxygen atoms in total. The molecular formula is C15H20N2O6S2. The Morgan fingerprint density at radius 3 is 2.52 bits per heavy atom. The lowest BCUT2D eigenvalue weighted by molar-refractivity contribution is -0.127. The largest absolute Gasteiger partial charge is 0.476 e. The molecule has 0 radical (unpaired) electrons. The lowest BCUT2D eigenvalue weighted by Crippen LogP contribution is -2.50. The van der Waals surface area contributed by atoms with Crippen LogP contribution in [0.5, 0.6) is 5.75 Å². The van der Waals surface area contributed by atoms with Gasteiger partial charge in [0.1, 0.15) is 5.75 Å². The average molecular weight is 388 g/mol. The maximum atomic E-state index is 12.2. The molecule has 1 aromatic carbocycles. The van der Waals surface area contributed by atoms with Crippen LogP contribution in [0.25, 0.3) is 0 Å². The molecule has 0 spiro atoms. The van der Waals surface area contributed by atoms with Crippen molar-refractivity contribution in [1.29, 1.82) is 0 Å². The zero-order valence-corrected chi connectivity index (χ0v) is 15.6. The highest BCUT2D eigenvalue weighted by Gasteiger charge is 2.37. The van der Waals surface area contributed by atoms with Gasteiger partial charge in [0.05, 0.1) is 29.1 Å². The Bertz CT molecular complexity index is 906. The number of sulfonamides is 1. The Labute approximate surface area is 147 Å². The summed E-state index contributed by atoms with van der Waals surface area (Å²) >= 11 is 0. The molecule has 0 unspecified atom stereocenters. The topological polar surface area (TPSA) is 110 Å². The maximum Gasteiger partial charge on any atom is 0.263 e. The van der Waals surface area contributed by atoms with Crippen LogP contribution in [0.1, 0.15) is 19.8 Å². The number of carbonyl (C=O) groups is 1. The van der Waals surface area contributed by atoms with Gasteiger partial charge in [-0.2, -0.15) is 0 Å². The van der Waals surface area contributed by atoms with E-state index in [2.05, 4.69) is 5.32 Å². The minimum atomic E-state index is -3.71. The number of carbonyl (C=O) groups excluding carboxylic acids is 1. The number of amides is 1. The number of ether oxygens (including phenoxy) is 1. The lowest BCUT2D eigenvalue weighted by Gasteiger charge is -2.34. The Morgan fingerprint density at radius 1 is 1.28 bits per heavy atom. The summed E-state index contributed by atoms with van der Waals surface area (Å²) in [5.74, 6) is -0.299. The van der Waals surface area contributed by atoms with E-state index in [4.69, 9.17) is 4.74 Å². The first-order valence-electron chi connectivity index (χ1n) is 7.93. The first-order chi connectivity index (χ1) is 11.6. The second-order valence-electron chi connectivity index (χ2n) is 6.22. The molecule has 1 aliphatic heterocycles. The summed E-state index contributed by atoms with van der Waals surface area (Å²) in [5, 5.41) is 2.79. The molecule has 0 saturated heterocycles. The van der Waals surface area contributed by atoms with Gasteiger partial charge in [0.25, 0.3) is 5.91 Å².